The highest BCUT2D eigenvalue weighted by molar-refractivity contribution is 7.98. The molecule has 0 aliphatic carbocycles. The van der Waals surface area contributed by atoms with Gasteiger partial charge in [-0.2, -0.15) is 0 Å². The number of para-hydroxylation sites is 1. The van der Waals surface area contributed by atoms with Crippen LogP contribution in [0, 0.1) is 12.7 Å². The van der Waals surface area contributed by atoms with Gasteiger partial charge in [-0.25, -0.2) is 4.39 Å². The Morgan fingerprint density at radius 2 is 1.73 bits per heavy atom. The number of hydrogen-bond donors (Lipinski definition) is 0. The molecule has 130 valence electrons. The molecule has 0 aliphatic rings. The Labute approximate surface area is 153 Å². The molecule has 0 spiro atoms. The average molecular weight is 367 g/mol. The van der Waals surface area contributed by atoms with Crippen LogP contribution in [0.4, 0.5) is 4.39 Å². The quantitative estimate of drug-likeness (QED) is 0.496. The van der Waals surface area contributed by atoms with Gasteiger partial charge in [-0.05, 0) is 43.3 Å². The third-order valence-electron chi connectivity index (χ3n) is 3.69. The van der Waals surface area contributed by atoms with Gasteiger partial charge in [0.1, 0.15) is 11.6 Å². The van der Waals surface area contributed by atoms with E-state index in [-0.39, 0.29) is 5.82 Å². The monoisotopic (exact) mass is 367 g/mol. The van der Waals surface area contributed by atoms with Crippen molar-refractivity contribution in [2.45, 2.75) is 17.8 Å². The number of rotatable bonds is 5. The van der Waals surface area contributed by atoms with Crippen LogP contribution in [0.2, 0.25) is 0 Å². The summed E-state index contributed by atoms with van der Waals surface area (Å²) in [6, 6.07) is 15.8. The zero-order valence-corrected chi connectivity index (χ0v) is 14.7. The number of halogens is 1. The zero-order valence-electron chi connectivity index (χ0n) is 13.8. The summed E-state index contributed by atoms with van der Waals surface area (Å²) in [7, 11) is 0. The highest BCUT2D eigenvalue weighted by Crippen LogP contribution is 2.26. The normalized spacial score (nSPS) is 11.0. The van der Waals surface area contributed by atoms with Crippen molar-refractivity contribution in [3.05, 3.63) is 72.1 Å². The molecule has 0 aliphatic heterocycles. The van der Waals surface area contributed by atoms with Crippen molar-refractivity contribution in [2.75, 3.05) is 0 Å². The maximum absolute atomic E-state index is 13.0. The number of benzene rings is 2. The molecule has 0 saturated heterocycles. The number of nitrogens with zero attached hydrogens (tertiary/aromatic N) is 5. The second-order valence-corrected chi connectivity index (χ2v) is 6.44. The van der Waals surface area contributed by atoms with Crippen LogP contribution >= 0.6 is 11.8 Å². The van der Waals surface area contributed by atoms with Crippen molar-refractivity contribution >= 4 is 11.8 Å². The standard InChI is InChI=1S/C18H14FN5OS/c1-12-20-23-18(24(12)15-5-3-2-4-6-15)26-11-16-21-22-17(25-16)13-7-9-14(19)10-8-13/h2-10H,11H2,1H3. The second-order valence-electron chi connectivity index (χ2n) is 5.50. The molecule has 0 atom stereocenters. The lowest BCUT2D eigenvalue weighted by atomic mass is 10.2. The number of aryl methyl sites for hydroxylation is 1. The molecule has 0 saturated carbocycles. The van der Waals surface area contributed by atoms with Crippen molar-refractivity contribution < 1.29 is 8.81 Å². The Bertz CT molecular complexity index is 1010. The highest BCUT2D eigenvalue weighted by Gasteiger charge is 2.14. The van der Waals surface area contributed by atoms with E-state index in [2.05, 4.69) is 20.4 Å². The lowest BCUT2D eigenvalue weighted by Crippen LogP contribution is -1.98. The second kappa shape index (κ2) is 7.09. The third-order valence-corrected chi connectivity index (χ3v) is 4.61. The topological polar surface area (TPSA) is 69.6 Å². The van der Waals surface area contributed by atoms with E-state index in [1.165, 1.54) is 23.9 Å². The van der Waals surface area contributed by atoms with Gasteiger partial charge >= 0.3 is 0 Å². The van der Waals surface area contributed by atoms with E-state index >= 15 is 0 Å². The lowest BCUT2D eigenvalue weighted by Gasteiger charge is -2.07. The molecule has 26 heavy (non-hydrogen) atoms. The molecule has 6 nitrogen and oxygen atoms in total. The molecule has 0 bridgehead atoms. The molecule has 0 fully saturated rings. The summed E-state index contributed by atoms with van der Waals surface area (Å²) in [6.07, 6.45) is 0. The lowest BCUT2D eigenvalue weighted by molar-refractivity contribution is 0.528. The Kier molecular flexibility index (Phi) is 4.49. The van der Waals surface area contributed by atoms with Gasteiger partial charge in [0, 0.05) is 11.3 Å². The van der Waals surface area contributed by atoms with Crippen molar-refractivity contribution in [2.24, 2.45) is 0 Å². The number of thioether (sulfide) groups is 1. The van der Waals surface area contributed by atoms with Gasteiger partial charge in [0.15, 0.2) is 5.16 Å². The SMILES string of the molecule is Cc1nnc(SCc2nnc(-c3ccc(F)cc3)o2)n1-c1ccccc1. The summed E-state index contributed by atoms with van der Waals surface area (Å²) in [5, 5.41) is 17.2. The summed E-state index contributed by atoms with van der Waals surface area (Å²) in [4.78, 5) is 0. The minimum Gasteiger partial charge on any atom is -0.420 e. The fourth-order valence-corrected chi connectivity index (χ4v) is 3.29. The molecule has 2 aromatic heterocycles. The number of aromatic nitrogens is 5. The van der Waals surface area contributed by atoms with Crippen molar-refractivity contribution in [1.82, 2.24) is 25.0 Å². The summed E-state index contributed by atoms with van der Waals surface area (Å²) >= 11 is 1.46. The highest BCUT2D eigenvalue weighted by atomic mass is 32.2. The molecule has 4 aromatic rings. The molecular formula is C18H14FN5OS. The minimum atomic E-state index is -0.306. The summed E-state index contributed by atoms with van der Waals surface area (Å²) in [5.41, 5.74) is 1.67. The Morgan fingerprint density at radius 3 is 2.50 bits per heavy atom. The van der Waals surface area contributed by atoms with Crippen LogP contribution in [-0.2, 0) is 5.75 Å². The molecule has 2 aromatic carbocycles. The molecule has 0 amide bonds. The average Bonchev–Trinajstić information content (AvgIpc) is 3.28. The minimum absolute atomic E-state index is 0.306. The van der Waals surface area contributed by atoms with Crippen molar-refractivity contribution in [3.63, 3.8) is 0 Å². The van der Waals surface area contributed by atoms with Gasteiger partial charge in [0.05, 0.1) is 5.75 Å². The van der Waals surface area contributed by atoms with Gasteiger partial charge in [0.2, 0.25) is 11.8 Å². The van der Waals surface area contributed by atoms with E-state index in [0.29, 0.717) is 23.1 Å². The first-order valence-electron chi connectivity index (χ1n) is 7.89. The molecule has 2 heterocycles. The van der Waals surface area contributed by atoms with Gasteiger partial charge in [0.25, 0.3) is 0 Å². The van der Waals surface area contributed by atoms with Gasteiger partial charge in [-0.1, -0.05) is 30.0 Å². The van der Waals surface area contributed by atoms with Crippen LogP contribution in [0.15, 0.2) is 64.2 Å². The molecular weight excluding hydrogens is 353 g/mol. The molecule has 0 unspecified atom stereocenters. The van der Waals surface area contributed by atoms with Gasteiger partial charge in [-0.15, -0.1) is 20.4 Å². The maximum Gasteiger partial charge on any atom is 0.247 e. The zero-order chi connectivity index (χ0) is 17.9. The third kappa shape index (κ3) is 3.36. The van der Waals surface area contributed by atoms with Crippen LogP contribution in [0.5, 0.6) is 0 Å². The molecule has 4 rings (SSSR count). The first-order valence-corrected chi connectivity index (χ1v) is 8.88. The summed E-state index contributed by atoms with van der Waals surface area (Å²) in [6.45, 7) is 1.91. The molecule has 8 heteroatoms. The smallest absolute Gasteiger partial charge is 0.247 e. The fraction of sp³-hybridized carbons (Fsp3) is 0.111. The molecule has 0 radical (unpaired) electrons. The predicted octanol–water partition coefficient (Wildman–Crippen LogP) is 4.06. The van der Waals surface area contributed by atoms with Crippen molar-refractivity contribution in [1.29, 1.82) is 0 Å². The van der Waals surface area contributed by atoms with E-state index in [4.69, 9.17) is 4.42 Å². The first-order chi connectivity index (χ1) is 12.7. The van der Waals surface area contributed by atoms with Crippen LogP contribution in [-0.4, -0.2) is 25.0 Å². The van der Waals surface area contributed by atoms with Crippen LogP contribution in [0.3, 0.4) is 0 Å². The fourth-order valence-electron chi connectivity index (χ4n) is 2.46. The first kappa shape index (κ1) is 16.5. The molecule has 0 N–H and O–H groups in total. The van der Waals surface area contributed by atoms with Crippen LogP contribution < -0.4 is 0 Å². The van der Waals surface area contributed by atoms with E-state index in [0.717, 1.165) is 16.7 Å². The van der Waals surface area contributed by atoms with E-state index in [1.54, 1.807) is 12.1 Å². The maximum atomic E-state index is 13.0. The van der Waals surface area contributed by atoms with E-state index in [9.17, 15) is 4.39 Å². The summed E-state index contributed by atoms with van der Waals surface area (Å²) < 4.78 is 20.6. The van der Waals surface area contributed by atoms with E-state index in [1.807, 2.05) is 41.8 Å². The van der Waals surface area contributed by atoms with Gasteiger partial charge in [-0.3, -0.25) is 4.57 Å². The predicted molar refractivity (Wildman–Crippen MR) is 95.3 cm³/mol. The van der Waals surface area contributed by atoms with Crippen LogP contribution in [0.25, 0.3) is 17.1 Å². The Balaban J connectivity index is 1.51. The van der Waals surface area contributed by atoms with E-state index < -0.39 is 0 Å². The Morgan fingerprint density at radius 1 is 0.962 bits per heavy atom. The van der Waals surface area contributed by atoms with Crippen LogP contribution in [0.1, 0.15) is 11.7 Å². The largest absolute Gasteiger partial charge is 0.420 e. The summed E-state index contributed by atoms with van der Waals surface area (Å²) in [5.74, 6) is 1.78. The Hall–Kier alpha value is -3.00. The number of hydrogen-bond acceptors (Lipinski definition) is 6. The van der Waals surface area contributed by atoms with Gasteiger partial charge < -0.3 is 4.42 Å². The van der Waals surface area contributed by atoms with Crippen molar-refractivity contribution in [3.8, 4) is 17.1 Å².